The van der Waals surface area contributed by atoms with Gasteiger partial charge in [-0.3, -0.25) is 18.6 Å². The van der Waals surface area contributed by atoms with E-state index >= 15 is 0 Å². The number of aryl methyl sites for hydroxylation is 2. The van der Waals surface area contributed by atoms with Gasteiger partial charge in [0.05, 0.1) is 40.0 Å². The molecule has 0 spiro atoms. The number of aliphatic hydroxyl groups is 2. The second-order valence-electron chi connectivity index (χ2n) is 17.0. The Hall–Kier alpha value is -3.35. The van der Waals surface area contributed by atoms with E-state index in [0.29, 0.717) is 43.1 Å². The number of likely N-dealkylation sites (N-methyl/N-ethyl adjacent to an activating group) is 1. The highest BCUT2D eigenvalue weighted by Gasteiger charge is 2.27. The molecular formula is C50H83NO11P+. The van der Waals surface area contributed by atoms with Crippen molar-refractivity contribution in [2.75, 3.05) is 47.5 Å². The van der Waals surface area contributed by atoms with Crippen molar-refractivity contribution in [1.29, 1.82) is 0 Å². The van der Waals surface area contributed by atoms with Crippen molar-refractivity contribution in [1.82, 2.24) is 0 Å². The molecule has 3 N–H and O–H groups in total. The van der Waals surface area contributed by atoms with Crippen LogP contribution in [0.4, 0.5) is 0 Å². The summed E-state index contributed by atoms with van der Waals surface area (Å²) in [7, 11) is 1.31. The van der Waals surface area contributed by atoms with Crippen LogP contribution >= 0.6 is 7.82 Å². The molecule has 0 fully saturated rings. The number of aliphatic hydroxyl groups excluding tert-OH is 2. The number of nitrogens with zero attached hydrogens (tertiary/aromatic N) is 1. The van der Waals surface area contributed by atoms with Crippen molar-refractivity contribution in [3.05, 3.63) is 95.6 Å². The smallest absolute Gasteiger partial charge is 0.466 e. The molecule has 1 heterocycles. The molecule has 0 amide bonds. The van der Waals surface area contributed by atoms with Crippen LogP contribution in [0.5, 0.6) is 0 Å². The van der Waals surface area contributed by atoms with Crippen LogP contribution in [0, 0.1) is 13.8 Å². The van der Waals surface area contributed by atoms with Crippen LogP contribution in [0.15, 0.2) is 77.3 Å². The zero-order chi connectivity index (χ0) is 46.8. The molecule has 0 aromatic carbocycles. The quantitative estimate of drug-likeness (QED) is 0.0145. The molecule has 1 rings (SSSR count). The Bertz CT molecular complexity index is 1620. The zero-order valence-corrected chi connectivity index (χ0v) is 40.6. The van der Waals surface area contributed by atoms with Gasteiger partial charge in [-0.05, 0) is 76.3 Å². The third-order valence-electron chi connectivity index (χ3n) is 10.1. The minimum absolute atomic E-state index is 0.0184. The van der Waals surface area contributed by atoms with Gasteiger partial charge >= 0.3 is 19.8 Å². The maximum atomic E-state index is 12.7. The average Bonchev–Trinajstić information content (AvgIpc) is 3.49. The number of hydrogen-bond donors (Lipinski definition) is 3. The standard InChI is InChI=1S/C50H82NO11P/c1-8-10-22-30-44(52)31-24-17-13-12-14-18-25-32-45(53)33-26-21-29-37-50(55)61-46(41-60-63(56,57)59-39-38-51(5,6)7)40-58-49(54)36-28-20-16-15-19-27-35-48-43(4)42(3)47(62-48)34-23-11-9-2/h10,13-14,17-18,22,24-26,31-33,44-46,52-53H,8-9,11-12,15-16,19-21,23,27-30,34-41H2,1-7H3/p+1/b17-13-,18-14-,22-10-,31-24+,32-25+,33-26-/t44-,45-,46+/m0/s1. The summed E-state index contributed by atoms with van der Waals surface area (Å²) in [6, 6.07) is 0. The summed E-state index contributed by atoms with van der Waals surface area (Å²) < 4.78 is 40.4. The minimum atomic E-state index is -4.45. The number of rotatable bonds is 37. The number of quaternary nitrogens is 1. The fraction of sp³-hybridized carbons (Fsp3) is 0.640. The van der Waals surface area contributed by atoms with Crippen LogP contribution in [0.2, 0.25) is 0 Å². The SMILES string of the molecule is CC/C=C\C[C@H](O)/C=C/C=C\C/C=C\C=C\[C@H](O)/C=C\CCCC(=O)O[C@H](COC(=O)CCCCCCCCc1oc(CCCCC)c(C)c1C)COP(=O)(O)OCC[N+](C)(C)C. The molecule has 0 saturated carbocycles. The summed E-state index contributed by atoms with van der Waals surface area (Å²) in [4.78, 5) is 35.6. The summed E-state index contributed by atoms with van der Waals surface area (Å²) in [6.45, 7) is 8.22. The second-order valence-corrected chi connectivity index (χ2v) is 18.5. The van der Waals surface area contributed by atoms with E-state index in [4.69, 9.17) is 22.9 Å². The third kappa shape index (κ3) is 32.0. The topological polar surface area (TPSA) is 162 Å². The van der Waals surface area contributed by atoms with Gasteiger partial charge < -0.3 is 33.5 Å². The van der Waals surface area contributed by atoms with E-state index < -0.39 is 44.7 Å². The first-order valence-corrected chi connectivity index (χ1v) is 24.8. The van der Waals surface area contributed by atoms with Crippen LogP contribution in [0.1, 0.15) is 139 Å². The number of furan rings is 1. The Morgan fingerprint density at radius 1 is 0.714 bits per heavy atom. The van der Waals surface area contributed by atoms with E-state index in [0.717, 1.165) is 69.3 Å². The van der Waals surface area contributed by atoms with Crippen LogP contribution in [0.25, 0.3) is 0 Å². The lowest BCUT2D eigenvalue weighted by Crippen LogP contribution is -2.37. The van der Waals surface area contributed by atoms with Gasteiger partial charge in [0.1, 0.15) is 31.3 Å². The molecule has 358 valence electrons. The number of esters is 2. The predicted molar refractivity (Wildman–Crippen MR) is 253 cm³/mol. The van der Waals surface area contributed by atoms with E-state index in [1.807, 2.05) is 63.7 Å². The molecule has 12 nitrogen and oxygen atoms in total. The molecule has 63 heavy (non-hydrogen) atoms. The van der Waals surface area contributed by atoms with Crippen molar-refractivity contribution >= 4 is 19.8 Å². The van der Waals surface area contributed by atoms with Gasteiger partial charge in [-0.2, -0.15) is 0 Å². The molecule has 1 unspecified atom stereocenters. The van der Waals surface area contributed by atoms with E-state index in [9.17, 15) is 29.3 Å². The Balaban J connectivity index is 2.48. The first-order chi connectivity index (χ1) is 30.1. The zero-order valence-electron chi connectivity index (χ0n) is 39.7. The second kappa shape index (κ2) is 35.0. The number of carbonyl (C=O) groups excluding carboxylic acids is 2. The number of unbranched alkanes of at least 4 members (excludes halogenated alkanes) is 8. The summed E-state index contributed by atoms with van der Waals surface area (Å²) in [5.41, 5.74) is 2.58. The molecule has 0 aliphatic heterocycles. The molecule has 0 radical (unpaired) electrons. The molecule has 1 aromatic rings. The predicted octanol–water partition coefficient (Wildman–Crippen LogP) is 10.6. The lowest BCUT2D eigenvalue weighted by molar-refractivity contribution is -0.870. The van der Waals surface area contributed by atoms with Crippen LogP contribution in [0.3, 0.4) is 0 Å². The average molecular weight is 905 g/mol. The molecule has 0 aliphatic carbocycles. The minimum Gasteiger partial charge on any atom is -0.466 e. The monoisotopic (exact) mass is 905 g/mol. The van der Waals surface area contributed by atoms with E-state index in [-0.39, 0.29) is 26.1 Å². The van der Waals surface area contributed by atoms with Crippen LogP contribution in [-0.4, -0.2) is 97.3 Å². The van der Waals surface area contributed by atoms with E-state index in [1.54, 1.807) is 30.4 Å². The van der Waals surface area contributed by atoms with Gasteiger partial charge in [0.15, 0.2) is 6.10 Å². The summed E-state index contributed by atoms with van der Waals surface area (Å²) in [6.07, 6.45) is 34.4. The number of phosphoric acid groups is 1. The van der Waals surface area contributed by atoms with Gasteiger partial charge in [0.2, 0.25) is 0 Å². The lowest BCUT2D eigenvalue weighted by Gasteiger charge is -2.24. The number of carbonyl (C=O) groups is 2. The largest absolute Gasteiger partial charge is 0.472 e. The Morgan fingerprint density at radius 3 is 1.98 bits per heavy atom. The van der Waals surface area contributed by atoms with Gasteiger partial charge in [-0.1, -0.05) is 125 Å². The molecule has 13 heteroatoms. The van der Waals surface area contributed by atoms with E-state index in [2.05, 4.69) is 27.7 Å². The number of hydrogen-bond acceptors (Lipinski definition) is 10. The molecule has 1 aromatic heterocycles. The molecular weight excluding hydrogens is 822 g/mol. The Morgan fingerprint density at radius 2 is 1.33 bits per heavy atom. The van der Waals surface area contributed by atoms with E-state index in [1.165, 1.54) is 24.0 Å². The van der Waals surface area contributed by atoms with Gasteiger partial charge in [-0.25, -0.2) is 4.57 Å². The number of phosphoric ester groups is 1. The maximum Gasteiger partial charge on any atom is 0.472 e. The van der Waals surface area contributed by atoms with Crippen molar-refractivity contribution in [2.24, 2.45) is 0 Å². The Labute approximate surface area is 380 Å². The maximum absolute atomic E-state index is 12.7. The first kappa shape index (κ1) is 57.7. The number of allylic oxidation sites excluding steroid dienone is 8. The van der Waals surface area contributed by atoms with Crippen molar-refractivity contribution in [2.45, 2.75) is 162 Å². The first-order valence-electron chi connectivity index (χ1n) is 23.3. The Kier molecular flexibility index (Phi) is 32.0. The molecule has 0 saturated heterocycles. The van der Waals surface area contributed by atoms with Crippen molar-refractivity contribution < 1.29 is 56.7 Å². The number of ether oxygens (including phenoxy) is 2. The normalized spacial score (nSPS) is 15.1. The highest BCUT2D eigenvalue weighted by atomic mass is 31.2. The van der Waals surface area contributed by atoms with Gasteiger partial charge in [0.25, 0.3) is 0 Å². The summed E-state index contributed by atoms with van der Waals surface area (Å²) in [5.74, 6) is 1.23. The summed E-state index contributed by atoms with van der Waals surface area (Å²) >= 11 is 0. The fourth-order valence-electron chi connectivity index (χ4n) is 6.17. The highest BCUT2D eigenvalue weighted by Crippen LogP contribution is 2.43. The van der Waals surface area contributed by atoms with Crippen LogP contribution < -0.4 is 0 Å². The van der Waals surface area contributed by atoms with Gasteiger partial charge in [-0.15, -0.1) is 0 Å². The van der Waals surface area contributed by atoms with Crippen molar-refractivity contribution in [3.63, 3.8) is 0 Å². The highest BCUT2D eigenvalue weighted by molar-refractivity contribution is 7.47. The van der Waals surface area contributed by atoms with Crippen molar-refractivity contribution in [3.8, 4) is 0 Å². The molecule has 4 atom stereocenters. The lowest BCUT2D eigenvalue weighted by atomic mass is 10.0. The molecule has 0 bridgehead atoms. The van der Waals surface area contributed by atoms with Gasteiger partial charge in [0, 0.05) is 25.7 Å². The van der Waals surface area contributed by atoms with Crippen LogP contribution in [-0.2, 0) is 45.5 Å². The third-order valence-corrected chi connectivity index (χ3v) is 11.1. The molecule has 0 aliphatic rings. The fourth-order valence-corrected chi connectivity index (χ4v) is 6.91. The summed E-state index contributed by atoms with van der Waals surface area (Å²) in [5, 5.41) is 20.1.